The van der Waals surface area contributed by atoms with Gasteiger partial charge in [-0.1, -0.05) is 144 Å². The number of hydrogen-bond acceptors (Lipinski definition) is 28. The Bertz CT molecular complexity index is 6760. The second-order valence-electron chi connectivity index (χ2n) is 33.4. The van der Waals surface area contributed by atoms with E-state index in [-0.39, 0.29) is 107 Å². The van der Waals surface area contributed by atoms with Gasteiger partial charge in [0.1, 0.15) is 63.2 Å². The predicted molar refractivity (Wildman–Crippen MR) is 528 cm³/mol. The molecule has 0 aromatic heterocycles. The smallest absolute Gasteiger partial charge is 0.308 e. The molecule has 0 saturated carbocycles. The number of carbonyl (C=O) groups excluding carboxylic acids is 13. The summed E-state index contributed by atoms with van der Waals surface area (Å²) in [5.41, 5.74) is 10.8. The van der Waals surface area contributed by atoms with Crippen molar-refractivity contribution >= 4 is 132 Å². The number of alkyl halides is 1. The molecule has 0 fully saturated rings. The monoisotopic (exact) mass is 2040 g/mol. The van der Waals surface area contributed by atoms with Gasteiger partial charge >= 0.3 is 18.2 Å². The zero-order valence-electron chi connectivity index (χ0n) is 78.4. The third-order valence-electron chi connectivity index (χ3n) is 22.4. The quantitative estimate of drug-likeness (QED) is 0.0513. The Labute approximate surface area is 838 Å². The molecule has 0 saturated heterocycles. The van der Waals surface area contributed by atoms with Gasteiger partial charge in [-0.3, -0.25) is 67.1 Å². The first-order chi connectivity index (χ1) is 67.7. The lowest BCUT2D eigenvalue weighted by molar-refractivity contribution is -0.154. The van der Waals surface area contributed by atoms with Crippen LogP contribution in [0.5, 0.6) is 63.2 Å². The van der Waals surface area contributed by atoms with Gasteiger partial charge < -0.3 is 67.1 Å². The van der Waals surface area contributed by atoms with E-state index >= 15 is 0 Å². The molecule has 0 spiro atoms. The first kappa shape index (κ1) is 104. The Morgan fingerprint density at radius 3 is 1.34 bits per heavy atom. The summed E-state index contributed by atoms with van der Waals surface area (Å²) in [5.74, 6) is 4.04. The van der Waals surface area contributed by atoms with Crippen LogP contribution >= 0.6 is 50.9 Å². The fourth-order valence-electron chi connectivity index (χ4n) is 15.3. The lowest BCUT2D eigenvalue weighted by Gasteiger charge is -2.14. The van der Waals surface area contributed by atoms with E-state index in [0.29, 0.717) is 112 Å². The number of carboxylic acids is 1. The van der Waals surface area contributed by atoms with E-state index in [4.69, 9.17) is 90.3 Å². The summed E-state index contributed by atoms with van der Waals surface area (Å²) < 4.78 is 62.5. The number of esters is 1. The molecular formula is C110H93BrCl2O28S. The number of fused-ring (bicyclic) bond motifs is 11. The first-order valence-electron chi connectivity index (χ1n) is 44.3. The third-order valence-corrected chi connectivity index (χ3v) is 24.2. The highest BCUT2D eigenvalue weighted by molar-refractivity contribution is 9.09. The van der Waals surface area contributed by atoms with Crippen molar-refractivity contribution in [1.82, 2.24) is 0 Å². The third kappa shape index (κ3) is 24.6. The SMILES string of the molecule is CC(=O)OC1Oc2ccccc2C1=O.CC1(C)Oc2ccccc2C1=O.CC1Oc2ccc(Cl)cc2C1=O.CC1Oc2ccccc2C1=O.CSc1ccc2c(c1)OCC2=O.Cc1cc(C)c2c(c1)C(=O)C(C)O2.Cc1ccc2c(c1)C(=O)C(Br)O2.Cc1ccc2c(c1)C(=O)C(C)O2.O=C(O)CC1Oc2ccc(Cl)cc2C1=O.O=C(c1ccccc1)C1Oc2ccccc2C1=O.O=C1c2ccccc2OC1O. The molecule has 0 bridgehead atoms. The number of benzene rings is 12. The van der Waals surface area contributed by atoms with Crippen molar-refractivity contribution in [2.45, 2.75) is 147 Å². The van der Waals surface area contributed by atoms with Crippen LogP contribution in [0.4, 0.5) is 0 Å². The number of ketones is 12. The highest BCUT2D eigenvalue weighted by Gasteiger charge is 2.42. The number of aliphatic carboxylic acids is 1. The number of rotatable bonds is 6. The van der Waals surface area contributed by atoms with Crippen LogP contribution in [0.2, 0.25) is 10.0 Å². The van der Waals surface area contributed by atoms with E-state index in [1.54, 1.807) is 193 Å². The maximum Gasteiger partial charge on any atom is 0.308 e. The Morgan fingerprint density at radius 2 is 0.824 bits per heavy atom. The molecule has 11 aliphatic rings. The second-order valence-corrected chi connectivity index (χ2v) is 36.0. The van der Waals surface area contributed by atoms with E-state index in [0.717, 1.165) is 55.5 Å². The molecule has 0 radical (unpaired) electrons. The van der Waals surface area contributed by atoms with Gasteiger partial charge in [0.05, 0.1) is 67.6 Å². The lowest BCUT2D eigenvalue weighted by atomic mass is 10.0. The van der Waals surface area contributed by atoms with Crippen molar-refractivity contribution in [3.63, 3.8) is 0 Å². The number of hydrogen-bond donors (Lipinski definition) is 2. The van der Waals surface area contributed by atoms with Gasteiger partial charge in [0, 0.05) is 27.4 Å². The number of para-hydroxylation sites is 5. The number of Topliss-reactive ketones (excluding diaryl/α,β-unsaturated/α-hetero) is 12. The van der Waals surface area contributed by atoms with Crippen LogP contribution < -0.4 is 52.1 Å². The molecule has 12 aromatic carbocycles. The Morgan fingerprint density at radius 1 is 0.401 bits per heavy atom. The number of halogens is 3. The molecule has 11 heterocycles. The molecule has 728 valence electrons. The van der Waals surface area contributed by atoms with Crippen LogP contribution in [0.1, 0.15) is 201 Å². The number of aryl methyl sites for hydroxylation is 4. The van der Waals surface area contributed by atoms with Crippen molar-refractivity contribution in [2.24, 2.45) is 0 Å². The van der Waals surface area contributed by atoms with Crippen LogP contribution in [0.3, 0.4) is 0 Å². The van der Waals surface area contributed by atoms with Crippen molar-refractivity contribution < 1.29 is 134 Å². The summed E-state index contributed by atoms with van der Waals surface area (Å²) in [6, 6.07) is 74.5. The Balaban J connectivity index is 0.000000132. The molecule has 32 heteroatoms. The molecule has 0 aliphatic carbocycles. The van der Waals surface area contributed by atoms with Crippen molar-refractivity contribution in [3.8, 4) is 63.2 Å². The van der Waals surface area contributed by atoms with Crippen LogP contribution in [0.15, 0.2) is 260 Å². The summed E-state index contributed by atoms with van der Waals surface area (Å²) in [6.07, 6.45) is -3.97. The number of aliphatic hydroxyl groups is 1. The summed E-state index contributed by atoms with van der Waals surface area (Å²) in [4.78, 5) is 160. The Hall–Kier alpha value is -15.2. The van der Waals surface area contributed by atoms with Crippen molar-refractivity contribution in [3.05, 3.63) is 354 Å². The molecule has 142 heavy (non-hydrogen) atoms. The average molecular weight is 2050 g/mol. The van der Waals surface area contributed by atoms with Gasteiger partial charge in [-0.15, -0.1) is 11.8 Å². The van der Waals surface area contributed by atoms with Crippen molar-refractivity contribution in [1.29, 1.82) is 0 Å². The predicted octanol–water partition coefficient (Wildman–Crippen LogP) is 20.5. The molecule has 11 aliphatic heterocycles. The maximum absolute atomic E-state index is 12.2. The van der Waals surface area contributed by atoms with E-state index in [2.05, 4.69) is 15.9 Å². The molecule has 9 atom stereocenters. The zero-order valence-corrected chi connectivity index (χ0v) is 82.3. The van der Waals surface area contributed by atoms with Crippen LogP contribution in [-0.4, -0.2) is 164 Å². The zero-order chi connectivity index (χ0) is 102. The summed E-state index contributed by atoms with van der Waals surface area (Å²) in [6.45, 7) is 20.0. The molecule has 2 N–H and O–H groups in total. The average Bonchev–Trinajstić information content (AvgIpc) is 1.63. The van der Waals surface area contributed by atoms with Gasteiger partial charge in [-0.25, -0.2) is 0 Å². The van der Waals surface area contributed by atoms with E-state index in [1.807, 2.05) is 143 Å². The van der Waals surface area contributed by atoms with E-state index in [9.17, 15) is 67.1 Å². The summed E-state index contributed by atoms with van der Waals surface area (Å²) >= 11 is 16.2. The fraction of sp³-hybridized carbons (Fsp3) is 0.218. The Kier molecular flexibility index (Phi) is 33.6. The lowest BCUT2D eigenvalue weighted by Crippen LogP contribution is -2.31. The molecule has 9 unspecified atom stereocenters. The molecule has 12 aromatic rings. The van der Waals surface area contributed by atoms with Gasteiger partial charge in [0.25, 0.3) is 6.29 Å². The standard InChI is InChI=1S/C15H10O3.C11H12O2.C10H7ClO4.C10H8O4.2C10H10O2.C9H7BrO2.C9H7ClO2.C9H8O2S.C9H8O2.C8H6O3/c16-13(10-6-2-1-3-7-10)15-14(17)11-8-4-5-9-12(11)18-15;1-6-4-7(2)11-9(5-6)10(12)8(3)13-11;11-5-1-2-7-6(3-5)10(14)8(15-7)4-9(12)13;1-6(11)13-10-9(12)7-4-2-3-5-8(7)14-10;1-6-3-4-9-8(5-6)10(11)7(2)12-9;1-10(2)9(11)7-5-3-4-6-8(7)12-10;1-5-2-3-7-6(4-5)8(11)9(10)12-7;1-5-9(11)7-4-6(10)2-3-8(7)12-5;1-12-6-2-3-7-8(10)5-11-9(7)4-6;1-6-9(10)7-4-2-3-5-8(7)11-6;9-7-5-3-1-2-4-6(5)11-8(7)10/h1-9,15H;4-5,8H,1-3H3;1-3,8H,4H2,(H,12,13);2-5,10H,1H3;3-5,7H,1-2H3;3-6H,1-2H3;2-4,9H,1H3;2-5H,1H3;2-4H,5H2,1H3;2-6H,1H3;1-4,8,10H. The summed E-state index contributed by atoms with van der Waals surface area (Å²) in [7, 11) is 0. The fourth-order valence-corrected chi connectivity index (χ4v) is 16.5. The number of carbonyl (C=O) groups is 14. The second kappa shape index (κ2) is 45.8. The normalized spacial score (nSPS) is 19.0. The highest BCUT2D eigenvalue weighted by Crippen LogP contribution is 2.41. The first-order valence-corrected chi connectivity index (χ1v) is 47.2. The molecule has 23 rings (SSSR count). The molecule has 28 nitrogen and oxygen atoms in total. The van der Waals surface area contributed by atoms with Crippen LogP contribution in [-0.2, 0) is 14.3 Å². The number of carboxylic acid groups (broad SMARTS) is 1. The molecular weight excluding hydrogens is 1950 g/mol. The van der Waals surface area contributed by atoms with Crippen LogP contribution in [0, 0.1) is 27.7 Å². The van der Waals surface area contributed by atoms with Gasteiger partial charge in [0.2, 0.25) is 80.5 Å². The minimum atomic E-state index is -1.30. The van der Waals surface area contributed by atoms with Gasteiger partial charge in [0.15, 0.2) is 42.7 Å². The number of aliphatic hydroxyl groups excluding tert-OH is 1. The number of ether oxygens (including phenoxy) is 12. The van der Waals surface area contributed by atoms with Gasteiger partial charge in [-0.2, -0.15) is 0 Å². The maximum atomic E-state index is 12.2. The highest BCUT2D eigenvalue weighted by atomic mass is 79.9. The largest absolute Gasteiger partial charge is 0.485 e. The minimum Gasteiger partial charge on any atom is -0.485 e. The van der Waals surface area contributed by atoms with E-state index in [1.165, 1.54) is 13.0 Å². The molecule has 0 amide bonds. The van der Waals surface area contributed by atoms with Gasteiger partial charge in [-0.05, 0) is 248 Å². The van der Waals surface area contributed by atoms with Crippen LogP contribution in [0.25, 0.3) is 0 Å². The summed E-state index contributed by atoms with van der Waals surface area (Å²) in [5, 5.41) is 18.0. The van der Waals surface area contributed by atoms with Crippen molar-refractivity contribution in [2.75, 3.05) is 12.9 Å². The van der Waals surface area contributed by atoms with E-state index < -0.39 is 47.3 Å². The number of thioether (sulfide) groups is 1. The topological polar surface area (TPSA) is 390 Å². The minimum absolute atomic E-state index is 0.00694.